The first kappa shape index (κ1) is 22.0. The third-order valence-electron chi connectivity index (χ3n) is 4.50. The summed E-state index contributed by atoms with van der Waals surface area (Å²) in [4.78, 5) is 36.1. The number of amides is 1. The third kappa shape index (κ3) is 4.72. The van der Waals surface area contributed by atoms with Gasteiger partial charge in [-0.25, -0.2) is 4.79 Å². The number of hydrogen-bond acceptors (Lipinski definition) is 7. The molecule has 8 nitrogen and oxygen atoms in total. The summed E-state index contributed by atoms with van der Waals surface area (Å²) < 4.78 is 10.2. The lowest BCUT2D eigenvalue weighted by Gasteiger charge is -2.09. The molecule has 0 spiro atoms. The predicted octanol–water partition coefficient (Wildman–Crippen LogP) is 5.07. The zero-order chi connectivity index (χ0) is 22.5. The highest BCUT2D eigenvalue weighted by Crippen LogP contribution is 2.37. The van der Waals surface area contributed by atoms with Gasteiger partial charge in [-0.3, -0.25) is 14.9 Å². The molecular formula is C22H20N2O6S. The van der Waals surface area contributed by atoms with Gasteiger partial charge in [-0.15, -0.1) is 11.3 Å². The molecule has 160 valence electrons. The number of methoxy groups -OCH3 is 1. The van der Waals surface area contributed by atoms with E-state index >= 15 is 0 Å². The van der Waals surface area contributed by atoms with Crippen LogP contribution in [0, 0.1) is 17.0 Å². The van der Waals surface area contributed by atoms with Crippen molar-refractivity contribution >= 4 is 33.9 Å². The van der Waals surface area contributed by atoms with Crippen LogP contribution in [0.3, 0.4) is 0 Å². The molecule has 1 heterocycles. The quantitative estimate of drug-likeness (QED) is 0.312. The number of anilines is 1. The number of nitro groups is 1. The van der Waals surface area contributed by atoms with Gasteiger partial charge >= 0.3 is 11.7 Å². The second-order valence-corrected chi connectivity index (χ2v) is 7.42. The first-order valence-corrected chi connectivity index (χ1v) is 10.2. The van der Waals surface area contributed by atoms with Crippen molar-refractivity contribution in [2.45, 2.75) is 13.8 Å². The van der Waals surface area contributed by atoms with Gasteiger partial charge in [0.25, 0.3) is 5.91 Å². The lowest BCUT2D eigenvalue weighted by atomic mass is 10.0. The number of carbonyl (C=O) groups excluding carboxylic acids is 2. The molecule has 2 aromatic carbocycles. The molecule has 1 amide bonds. The average Bonchev–Trinajstić information content (AvgIpc) is 3.17. The van der Waals surface area contributed by atoms with Gasteiger partial charge in [0, 0.05) is 22.6 Å². The van der Waals surface area contributed by atoms with Crippen LogP contribution in [-0.4, -0.2) is 30.5 Å². The fraction of sp³-hybridized carbons (Fsp3) is 0.182. The number of nitrogens with zero attached hydrogens (tertiary/aromatic N) is 1. The number of ether oxygens (including phenoxy) is 2. The van der Waals surface area contributed by atoms with Crippen LogP contribution < -0.4 is 10.1 Å². The molecule has 0 aliphatic heterocycles. The molecule has 0 fully saturated rings. The van der Waals surface area contributed by atoms with E-state index in [0.717, 1.165) is 17.2 Å². The topological polar surface area (TPSA) is 108 Å². The van der Waals surface area contributed by atoms with E-state index in [0.29, 0.717) is 10.6 Å². The smallest absolute Gasteiger partial charge is 0.341 e. The Balaban J connectivity index is 1.98. The molecule has 1 aromatic heterocycles. The third-order valence-corrected chi connectivity index (χ3v) is 5.39. The summed E-state index contributed by atoms with van der Waals surface area (Å²) in [6, 6.07) is 11.5. The van der Waals surface area contributed by atoms with Gasteiger partial charge in [-0.1, -0.05) is 29.8 Å². The molecule has 3 aromatic rings. The summed E-state index contributed by atoms with van der Waals surface area (Å²) in [6.45, 7) is 3.84. The molecule has 0 saturated heterocycles. The molecule has 3 rings (SSSR count). The second kappa shape index (κ2) is 9.40. The van der Waals surface area contributed by atoms with Crippen LogP contribution >= 0.6 is 11.3 Å². The van der Waals surface area contributed by atoms with Gasteiger partial charge < -0.3 is 14.8 Å². The van der Waals surface area contributed by atoms with Crippen LogP contribution in [0.4, 0.5) is 10.7 Å². The van der Waals surface area contributed by atoms with E-state index in [1.165, 1.54) is 30.6 Å². The van der Waals surface area contributed by atoms with E-state index in [-0.39, 0.29) is 29.2 Å². The maximum absolute atomic E-state index is 12.8. The summed E-state index contributed by atoms with van der Waals surface area (Å²) in [6.07, 6.45) is 0. The molecule has 0 unspecified atom stereocenters. The zero-order valence-electron chi connectivity index (χ0n) is 17.1. The van der Waals surface area contributed by atoms with Crippen LogP contribution in [-0.2, 0) is 4.74 Å². The summed E-state index contributed by atoms with van der Waals surface area (Å²) in [5.41, 5.74) is 2.50. The minimum absolute atomic E-state index is 0.0477. The summed E-state index contributed by atoms with van der Waals surface area (Å²) in [5, 5.41) is 16.0. The number of hydrogen-bond donors (Lipinski definition) is 1. The Bertz CT molecular complexity index is 1140. The summed E-state index contributed by atoms with van der Waals surface area (Å²) >= 11 is 1.18. The van der Waals surface area contributed by atoms with E-state index in [1.807, 2.05) is 31.2 Å². The molecule has 0 aliphatic rings. The summed E-state index contributed by atoms with van der Waals surface area (Å²) in [7, 11) is 1.31. The standard InChI is InChI=1S/C22H20N2O6S/c1-4-30-22(26)19-16(14-7-5-13(2)6-8-14)12-31-21(19)23-20(25)15-9-10-18(29-3)17(11-15)24(27)28/h5-12H,4H2,1-3H3,(H,23,25). The Morgan fingerprint density at radius 2 is 1.87 bits per heavy atom. The molecule has 0 saturated carbocycles. The minimum atomic E-state index is -0.625. The van der Waals surface area contributed by atoms with Gasteiger partial charge in [0.15, 0.2) is 5.75 Å². The van der Waals surface area contributed by atoms with E-state index < -0.39 is 16.8 Å². The lowest BCUT2D eigenvalue weighted by Crippen LogP contribution is -2.15. The highest BCUT2D eigenvalue weighted by Gasteiger charge is 2.24. The highest BCUT2D eigenvalue weighted by atomic mass is 32.1. The number of thiophene rings is 1. The van der Waals surface area contributed by atoms with Crippen molar-refractivity contribution in [3.05, 3.63) is 74.6 Å². The fourth-order valence-corrected chi connectivity index (χ4v) is 3.90. The van der Waals surface area contributed by atoms with E-state index in [4.69, 9.17) is 9.47 Å². The SMILES string of the molecule is CCOC(=O)c1c(-c2ccc(C)cc2)csc1NC(=O)c1ccc(OC)c([N+](=O)[O-])c1. The normalized spacial score (nSPS) is 10.4. The molecule has 9 heteroatoms. The fourth-order valence-electron chi connectivity index (χ4n) is 2.95. The van der Waals surface area contributed by atoms with E-state index in [1.54, 1.807) is 12.3 Å². The minimum Gasteiger partial charge on any atom is -0.490 e. The van der Waals surface area contributed by atoms with Crippen molar-refractivity contribution in [3.63, 3.8) is 0 Å². The van der Waals surface area contributed by atoms with Crippen molar-refractivity contribution in [1.82, 2.24) is 0 Å². The van der Waals surface area contributed by atoms with Crippen molar-refractivity contribution < 1.29 is 24.0 Å². The first-order chi connectivity index (χ1) is 14.8. The van der Waals surface area contributed by atoms with Crippen molar-refractivity contribution in [1.29, 1.82) is 0 Å². The van der Waals surface area contributed by atoms with Crippen molar-refractivity contribution in [2.24, 2.45) is 0 Å². The van der Waals surface area contributed by atoms with Crippen LogP contribution in [0.1, 0.15) is 33.2 Å². The maximum atomic E-state index is 12.8. The molecule has 0 bridgehead atoms. The maximum Gasteiger partial charge on any atom is 0.341 e. The number of carbonyl (C=O) groups is 2. The van der Waals surface area contributed by atoms with Crippen molar-refractivity contribution in [2.75, 3.05) is 19.0 Å². The Labute approximate surface area is 182 Å². The Kier molecular flexibility index (Phi) is 6.66. The Morgan fingerprint density at radius 1 is 1.16 bits per heavy atom. The molecule has 0 radical (unpaired) electrons. The first-order valence-electron chi connectivity index (χ1n) is 9.35. The Hall–Kier alpha value is -3.72. The highest BCUT2D eigenvalue weighted by molar-refractivity contribution is 7.15. The molecule has 1 N–H and O–H groups in total. The number of rotatable bonds is 7. The zero-order valence-corrected chi connectivity index (χ0v) is 17.9. The number of nitro benzene ring substituents is 1. The van der Waals surface area contributed by atoms with Crippen molar-refractivity contribution in [3.8, 4) is 16.9 Å². The molecule has 0 atom stereocenters. The summed E-state index contributed by atoms with van der Waals surface area (Å²) in [5.74, 6) is -1.10. The van der Waals surface area contributed by atoms with E-state index in [9.17, 15) is 19.7 Å². The number of nitrogens with one attached hydrogen (secondary N) is 1. The Morgan fingerprint density at radius 3 is 2.48 bits per heavy atom. The molecule has 0 aliphatic carbocycles. The number of aryl methyl sites for hydroxylation is 1. The number of benzene rings is 2. The monoisotopic (exact) mass is 440 g/mol. The molecule has 31 heavy (non-hydrogen) atoms. The van der Waals surface area contributed by atoms with Crippen LogP contribution in [0.15, 0.2) is 47.8 Å². The van der Waals surface area contributed by atoms with Gasteiger partial charge in [0.1, 0.15) is 10.6 Å². The lowest BCUT2D eigenvalue weighted by molar-refractivity contribution is -0.385. The van der Waals surface area contributed by atoms with Gasteiger partial charge in [0.05, 0.1) is 18.6 Å². The molecular weight excluding hydrogens is 420 g/mol. The number of esters is 1. The van der Waals surface area contributed by atoms with Gasteiger partial charge in [0.2, 0.25) is 0 Å². The largest absolute Gasteiger partial charge is 0.490 e. The van der Waals surface area contributed by atoms with Crippen LogP contribution in [0.25, 0.3) is 11.1 Å². The average molecular weight is 440 g/mol. The predicted molar refractivity (Wildman–Crippen MR) is 118 cm³/mol. The van der Waals surface area contributed by atoms with Crippen LogP contribution in [0.5, 0.6) is 5.75 Å². The van der Waals surface area contributed by atoms with Crippen LogP contribution in [0.2, 0.25) is 0 Å². The van der Waals surface area contributed by atoms with E-state index in [2.05, 4.69) is 5.32 Å². The van der Waals surface area contributed by atoms with Gasteiger partial charge in [-0.05, 0) is 31.5 Å². The second-order valence-electron chi connectivity index (χ2n) is 6.54. The van der Waals surface area contributed by atoms with Gasteiger partial charge in [-0.2, -0.15) is 0 Å².